The summed E-state index contributed by atoms with van der Waals surface area (Å²) in [5, 5.41) is 5.57. The fourth-order valence-corrected chi connectivity index (χ4v) is 2.84. The first kappa shape index (κ1) is 16.0. The number of rotatable bonds is 5. The van der Waals surface area contributed by atoms with Crippen molar-refractivity contribution in [2.24, 2.45) is 0 Å². The molecule has 0 saturated carbocycles. The summed E-state index contributed by atoms with van der Waals surface area (Å²) in [7, 11) is 0. The van der Waals surface area contributed by atoms with Crippen molar-refractivity contribution >= 4 is 23.3 Å². The Kier molecular flexibility index (Phi) is 4.79. The van der Waals surface area contributed by atoms with Gasteiger partial charge in [0.2, 0.25) is 5.91 Å². The molecule has 0 radical (unpaired) electrons. The lowest BCUT2D eigenvalue weighted by atomic mass is 10.2. The molecule has 0 aliphatic carbocycles. The Morgan fingerprint density at radius 1 is 1.38 bits per heavy atom. The molecule has 3 amide bonds. The lowest BCUT2D eigenvalue weighted by Crippen LogP contribution is -2.31. The maximum Gasteiger partial charge on any atom is 0.319 e. The lowest BCUT2D eigenvalue weighted by molar-refractivity contribution is -0.117. The SMILES string of the molecule is CC1CCC(=O)N1c1ccc(NC(=O)NCCc2cnc[nH]2)cc1. The van der Waals surface area contributed by atoms with Crippen LogP contribution in [0.2, 0.25) is 0 Å². The highest BCUT2D eigenvalue weighted by atomic mass is 16.2. The standard InChI is InChI=1S/C17H21N5O2/c1-12-2-7-16(23)22(12)15-5-3-13(4-6-15)21-17(24)19-9-8-14-10-18-11-20-14/h3-6,10-12H,2,7-9H2,1H3,(H,18,20)(H2,19,21,24). The molecule has 3 N–H and O–H groups in total. The van der Waals surface area contributed by atoms with Crippen molar-refractivity contribution in [3.8, 4) is 0 Å². The van der Waals surface area contributed by atoms with Crippen LogP contribution in [0.3, 0.4) is 0 Å². The lowest BCUT2D eigenvalue weighted by Gasteiger charge is -2.22. The van der Waals surface area contributed by atoms with Crippen molar-refractivity contribution in [1.82, 2.24) is 15.3 Å². The number of amides is 3. The summed E-state index contributed by atoms with van der Waals surface area (Å²) in [4.78, 5) is 32.5. The molecule has 1 aliphatic heterocycles. The van der Waals surface area contributed by atoms with Gasteiger partial charge in [-0.15, -0.1) is 0 Å². The zero-order chi connectivity index (χ0) is 16.9. The van der Waals surface area contributed by atoms with Crippen molar-refractivity contribution < 1.29 is 9.59 Å². The van der Waals surface area contributed by atoms with Gasteiger partial charge in [0, 0.05) is 48.7 Å². The van der Waals surface area contributed by atoms with Gasteiger partial charge in [-0.05, 0) is 37.6 Å². The fourth-order valence-electron chi connectivity index (χ4n) is 2.84. The molecule has 24 heavy (non-hydrogen) atoms. The average molecular weight is 327 g/mol. The largest absolute Gasteiger partial charge is 0.348 e. The van der Waals surface area contributed by atoms with E-state index >= 15 is 0 Å². The number of nitrogens with zero attached hydrogens (tertiary/aromatic N) is 2. The predicted octanol–water partition coefficient (Wildman–Crippen LogP) is 2.29. The summed E-state index contributed by atoms with van der Waals surface area (Å²) >= 11 is 0. The number of hydrogen-bond acceptors (Lipinski definition) is 3. The van der Waals surface area contributed by atoms with E-state index < -0.39 is 0 Å². The molecule has 126 valence electrons. The summed E-state index contributed by atoms with van der Waals surface area (Å²) < 4.78 is 0. The van der Waals surface area contributed by atoms with E-state index in [4.69, 9.17) is 0 Å². The minimum atomic E-state index is -0.257. The Bertz CT molecular complexity index is 696. The monoisotopic (exact) mass is 327 g/mol. The minimum absolute atomic E-state index is 0.153. The van der Waals surface area contributed by atoms with E-state index in [9.17, 15) is 9.59 Å². The van der Waals surface area contributed by atoms with E-state index in [2.05, 4.69) is 20.6 Å². The number of nitrogens with one attached hydrogen (secondary N) is 3. The number of benzene rings is 1. The van der Waals surface area contributed by atoms with E-state index in [1.54, 1.807) is 12.5 Å². The van der Waals surface area contributed by atoms with Crippen LogP contribution in [0.1, 0.15) is 25.5 Å². The number of aromatic nitrogens is 2. The van der Waals surface area contributed by atoms with Crippen molar-refractivity contribution in [3.05, 3.63) is 42.5 Å². The Morgan fingerprint density at radius 2 is 2.17 bits per heavy atom. The van der Waals surface area contributed by atoms with Crippen molar-refractivity contribution in [2.75, 3.05) is 16.8 Å². The van der Waals surface area contributed by atoms with Gasteiger partial charge in [-0.25, -0.2) is 9.78 Å². The molecule has 1 unspecified atom stereocenters. The molecule has 2 heterocycles. The van der Waals surface area contributed by atoms with Crippen LogP contribution in [0.5, 0.6) is 0 Å². The highest BCUT2D eigenvalue weighted by Gasteiger charge is 2.28. The van der Waals surface area contributed by atoms with E-state index in [-0.39, 0.29) is 18.0 Å². The summed E-state index contributed by atoms with van der Waals surface area (Å²) in [5.74, 6) is 0.153. The molecule has 7 heteroatoms. The summed E-state index contributed by atoms with van der Waals surface area (Å²) in [5.41, 5.74) is 2.54. The third kappa shape index (κ3) is 3.73. The minimum Gasteiger partial charge on any atom is -0.348 e. The summed E-state index contributed by atoms with van der Waals surface area (Å²) in [6.45, 7) is 2.57. The quantitative estimate of drug-likeness (QED) is 0.787. The first-order valence-corrected chi connectivity index (χ1v) is 8.08. The Morgan fingerprint density at radius 3 is 2.79 bits per heavy atom. The van der Waals surface area contributed by atoms with Gasteiger partial charge in [0.05, 0.1) is 6.33 Å². The smallest absolute Gasteiger partial charge is 0.319 e. The van der Waals surface area contributed by atoms with Crippen molar-refractivity contribution in [2.45, 2.75) is 32.2 Å². The zero-order valence-electron chi connectivity index (χ0n) is 13.6. The number of anilines is 2. The van der Waals surface area contributed by atoms with Crippen LogP contribution in [-0.4, -0.2) is 34.5 Å². The van der Waals surface area contributed by atoms with Gasteiger partial charge in [0.1, 0.15) is 0 Å². The Hall–Kier alpha value is -2.83. The molecule has 2 aromatic rings. The van der Waals surface area contributed by atoms with Gasteiger partial charge in [0.25, 0.3) is 0 Å². The normalized spacial score (nSPS) is 17.1. The number of carbonyl (C=O) groups is 2. The van der Waals surface area contributed by atoms with Gasteiger partial charge >= 0.3 is 6.03 Å². The van der Waals surface area contributed by atoms with Gasteiger partial charge in [0.15, 0.2) is 0 Å². The Labute approximate surface area is 140 Å². The summed E-state index contributed by atoms with van der Waals surface area (Å²) in [6, 6.07) is 7.30. The number of aromatic amines is 1. The third-order valence-corrected chi connectivity index (χ3v) is 4.12. The fraction of sp³-hybridized carbons (Fsp3) is 0.353. The number of urea groups is 1. The molecular formula is C17H21N5O2. The molecule has 1 aromatic carbocycles. The van der Waals surface area contributed by atoms with Crippen LogP contribution in [0.25, 0.3) is 0 Å². The van der Waals surface area contributed by atoms with Crippen LogP contribution in [0, 0.1) is 0 Å². The number of H-pyrrole nitrogens is 1. The van der Waals surface area contributed by atoms with E-state index in [0.717, 1.165) is 17.8 Å². The topological polar surface area (TPSA) is 90.1 Å². The van der Waals surface area contributed by atoms with E-state index in [1.807, 2.05) is 36.1 Å². The first-order chi connectivity index (χ1) is 11.6. The van der Waals surface area contributed by atoms with Crippen LogP contribution in [0.4, 0.5) is 16.2 Å². The first-order valence-electron chi connectivity index (χ1n) is 8.08. The second-order valence-corrected chi connectivity index (χ2v) is 5.91. The van der Waals surface area contributed by atoms with Crippen LogP contribution >= 0.6 is 0 Å². The second kappa shape index (κ2) is 7.16. The second-order valence-electron chi connectivity index (χ2n) is 5.91. The molecule has 0 spiro atoms. The van der Waals surface area contributed by atoms with Crippen molar-refractivity contribution in [3.63, 3.8) is 0 Å². The molecule has 1 atom stereocenters. The van der Waals surface area contributed by atoms with E-state index in [1.165, 1.54) is 0 Å². The molecular weight excluding hydrogens is 306 g/mol. The van der Waals surface area contributed by atoms with Crippen LogP contribution in [-0.2, 0) is 11.2 Å². The highest BCUT2D eigenvalue weighted by Crippen LogP contribution is 2.27. The number of imidazole rings is 1. The third-order valence-electron chi connectivity index (χ3n) is 4.12. The molecule has 1 fully saturated rings. The van der Waals surface area contributed by atoms with E-state index in [0.29, 0.717) is 25.1 Å². The maximum absolute atomic E-state index is 11.9. The van der Waals surface area contributed by atoms with Gasteiger partial charge < -0.3 is 20.5 Å². The average Bonchev–Trinajstić information content (AvgIpc) is 3.19. The van der Waals surface area contributed by atoms with Crippen LogP contribution in [0.15, 0.2) is 36.8 Å². The highest BCUT2D eigenvalue weighted by molar-refractivity contribution is 5.96. The molecule has 3 rings (SSSR count). The number of hydrogen-bond donors (Lipinski definition) is 3. The maximum atomic E-state index is 11.9. The molecule has 0 bridgehead atoms. The predicted molar refractivity (Wildman–Crippen MR) is 91.9 cm³/mol. The molecule has 1 aromatic heterocycles. The van der Waals surface area contributed by atoms with Crippen molar-refractivity contribution in [1.29, 1.82) is 0 Å². The molecule has 1 saturated heterocycles. The molecule has 1 aliphatic rings. The zero-order valence-corrected chi connectivity index (χ0v) is 13.6. The van der Waals surface area contributed by atoms with Crippen LogP contribution < -0.4 is 15.5 Å². The van der Waals surface area contributed by atoms with Gasteiger partial charge in [-0.3, -0.25) is 4.79 Å². The number of carbonyl (C=O) groups excluding carboxylic acids is 2. The molecule has 7 nitrogen and oxygen atoms in total. The van der Waals surface area contributed by atoms with Gasteiger partial charge in [-0.2, -0.15) is 0 Å². The summed E-state index contributed by atoms with van der Waals surface area (Å²) in [6.07, 6.45) is 5.53. The Balaban J connectivity index is 1.50. The van der Waals surface area contributed by atoms with Gasteiger partial charge in [-0.1, -0.05) is 0 Å².